The number of hydrogen-bond donors (Lipinski definition) is 1. The van der Waals surface area contributed by atoms with Gasteiger partial charge in [-0.05, 0) is 30.0 Å². The van der Waals surface area contributed by atoms with Gasteiger partial charge in [0, 0.05) is 31.3 Å². The molecule has 4 aromatic rings. The number of carbonyl (C=O) groups excluding carboxylic acids is 1. The van der Waals surface area contributed by atoms with Crippen LogP contribution in [0.15, 0.2) is 54.4 Å². The summed E-state index contributed by atoms with van der Waals surface area (Å²) in [4.78, 5) is 26.5. The molecule has 34 heavy (non-hydrogen) atoms. The van der Waals surface area contributed by atoms with Crippen molar-refractivity contribution in [2.75, 3.05) is 7.11 Å². The second-order valence-electron chi connectivity index (χ2n) is 7.26. The first-order valence-electron chi connectivity index (χ1n) is 10.0. The van der Waals surface area contributed by atoms with Crippen LogP contribution in [-0.2, 0) is 11.3 Å². The van der Waals surface area contributed by atoms with Crippen LogP contribution >= 0.6 is 11.3 Å². The van der Waals surface area contributed by atoms with Crippen molar-refractivity contribution in [3.8, 4) is 16.5 Å². The number of halogens is 3. The summed E-state index contributed by atoms with van der Waals surface area (Å²) in [6, 6.07) is 4.18. The number of aryl methyl sites for hydroxylation is 1. The molecule has 0 fully saturated rings. The number of amides is 1. The number of methoxy groups -OCH3 is 1. The average molecular weight is 488 g/mol. The molecule has 1 amide bonds. The van der Waals surface area contributed by atoms with E-state index in [1.165, 1.54) is 47.7 Å². The molecule has 8 nitrogen and oxygen atoms in total. The lowest BCUT2D eigenvalue weighted by Crippen LogP contribution is -2.38. The molecule has 0 aliphatic rings. The number of ether oxygens (including phenoxy) is 1. The summed E-state index contributed by atoms with van der Waals surface area (Å²) in [5.74, 6) is -0.796. The minimum Gasteiger partial charge on any atom is -0.378 e. The Bertz CT molecular complexity index is 1280. The molecule has 1 unspecified atom stereocenters. The van der Waals surface area contributed by atoms with Crippen LogP contribution in [0.3, 0.4) is 0 Å². The third kappa shape index (κ3) is 4.82. The molecular formula is C22H19F3N6O2S. The summed E-state index contributed by atoms with van der Waals surface area (Å²) in [6.07, 6.45) is 0.480. The van der Waals surface area contributed by atoms with Gasteiger partial charge < -0.3 is 10.1 Å². The summed E-state index contributed by atoms with van der Waals surface area (Å²) in [7, 11) is 1.40. The van der Waals surface area contributed by atoms with E-state index in [9.17, 15) is 18.0 Å². The van der Waals surface area contributed by atoms with Crippen molar-refractivity contribution >= 4 is 17.2 Å². The van der Waals surface area contributed by atoms with E-state index >= 15 is 0 Å². The van der Waals surface area contributed by atoms with Crippen LogP contribution in [-0.4, -0.2) is 43.9 Å². The molecule has 0 radical (unpaired) electrons. The molecule has 176 valence electrons. The Morgan fingerprint density at radius 3 is 2.71 bits per heavy atom. The summed E-state index contributed by atoms with van der Waals surface area (Å²) < 4.78 is 47.6. The lowest BCUT2D eigenvalue weighted by molar-refractivity contribution is -0.155. The molecule has 0 saturated carbocycles. The molecular weight excluding hydrogens is 469 g/mol. The van der Waals surface area contributed by atoms with Crippen molar-refractivity contribution < 1.29 is 22.7 Å². The normalized spacial score (nSPS) is 12.5. The average Bonchev–Trinajstić information content (AvgIpc) is 3.48. The first-order valence-corrected chi connectivity index (χ1v) is 10.9. The topological polar surface area (TPSA) is 94.8 Å². The third-order valence-electron chi connectivity index (χ3n) is 4.92. The molecule has 0 bridgehead atoms. The Morgan fingerprint density at radius 2 is 2.06 bits per heavy atom. The quantitative estimate of drug-likeness (QED) is 0.418. The summed E-state index contributed by atoms with van der Waals surface area (Å²) in [5.41, 5.74) is 1.48. The summed E-state index contributed by atoms with van der Waals surface area (Å²) in [6.45, 7) is 1.77. The van der Waals surface area contributed by atoms with Gasteiger partial charge >= 0.3 is 6.18 Å². The maximum Gasteiger partial charge on any atom is 0.412 e. The predicted octanol–water partition coefficient (Wildman–Crippen LogP) is 4.27. The Morgan fingerprint density at radius 1 is 1.24 bits per heavy atom. The molecule has 0 aliphatic heterocycles. The molecule has 4 rings (SSSR count). The standard InChI is InChI=1S/C22H19F3N6O2S/c1-13-9-27-21(29-18(13)17-6-4-8-34-17)31-16(12-33-2)15(11-28-31)20(32)30-19(22(23,24)25)14-5-3-7-26-10-14/h3-11,19H,12H2,1-2H3,(H,30,32). The van der Waals surface area contributed by atoms with Gasteiger partial charge in [0.15, 0.2) is 6.04 Å². The number of nitrogens with zero attached hydrogens (tertiary/aromatic N) is 5. The number of rotatable bonds is 7. The van der Waals surface area contributed by atoms with Crippen molar-refractivity contribution in [1.82, 2.24) is 30.0 Å². The maximum atomic E-state index is 13.7. The SMILES string of the molecule is COCc1c(C(=O)NC(c2cccnc2)C(F)(F)F)cnn1-c1ncc(C)c(-c2cccs2)n1. The molecule has 12 heteroatoms. The first kappa shape index (κ1) is 23.5. The number of carbonyl (C=O) groups is 1. The smallest absolute Gasteiger partial charge is 0.378 e. The molecule has 1 N–H and O–H groups in total. The number of nitrogens with one attached hydrogen (secondary N) is 1. The molecule has 4 aromatic heterocycles. The van der Waals surface area contributed by atoms with Crippen molar-refractivity contribution in [2.24, 2.45) is 0 Å². The van der Waals surface area contributed by atoms with Crippen LogP contribution in [0.1, 0.15) is 33.2 Å². The van der Waals surface area contributed by atoms with Crippen LogP contribution in [0.2, 0.25) is 0 Å². The minimum atomic E-state index is -4.73. The van der Waals surface area contributed by atoms with Gasteiger partial charge in [-0.25, -0.2) is 9.97 Å². The minimum absolute atomic E-state index is 0.0816. The molecule has 1 atom stereocenters. The Kier molecular flexibility index (Phi) is 6.70. The highest BCUT2D eigenvalue weighted by molar-refractivity contribution is 7.13. The monoisotopic (exact) mass is 488 g/mol. The Labute approximate surface area is 196 Å². The zero-order chi connectivity index (χ0) is 24.3. The fraction of sp³-hybridized carbons (Fsp3) is 0.227. The van der Waals surface area contributed by atoms with Gasteiger partial charge in [0.1, 0.15) is 0 Å². The van der Waals surface area contributed by atoms with E-state index in [1.54, 1.807) is 6.20 Å². The molecule has 0 aromatic carbocycles. The van der Waals surface area contributed by atoms with Crippen molar-refractivity contribution in [3.05, 3.63) is 76.8 Å². The van der Waals surface area contributed by atoms with Crippen molar-refractivity contribution in [2.45, 2.75) is 25.7 Å². The van der Waals surface area contributed by atoms with Crippen LogP contribution in [0.25, 0.3) is 16.5 Å². The van der Waals surface area contributed by atoms with Gasteiger partial charge in [-0.15, -0.1) is 11.3 Å². The van der Waals surface area contributed by atoms with E-state index in [0.29, 0.717) is 5.69 Å². The van der Waals surface area contributed by atoms with E-state index < -0.39 is 18.1 Å². The van der Waals surface area contributed by atoms with E-state index in [1.807, 2.05) is 29.8 Å². The van der Waals surface area contributed by atoms with Crippen LogP contribution in [0, 0.1) is 6.92 Å². The fourth-order valence-corrected chi connectivity index (χ4v) is 4.10. The summed E-state index contributed by atoms with van der Waals surface area (Å²) >= 11 is 1.51. The summed E-state index contributed by atoms with van der Waals surface area (Å²) in [5, 5.41) is 8.14. The lowest BCUT2D eigenvalue weighted by Gasteiger charge is -2.21. The number of hydrogen-bond acceptors (Lipinski definition) is 7. The van der Waals surface area contributed by atoms with Gasteiger partial charge in [-0.3, -0.25) is 9.78 Å². The zero-order valence-corrected chi connectivity index (χ0v) is 18.9. The third-order valence-corrected chi connectivity index (χ3v) is 5.79. The zero-order valence-electron chi connectivity index (χ0n) is 18.1. The van der Waals surface area contributed by atoms with Crippen LogP contribution in [0.4, 0.5) is 13.2 Å². The number of pyridine rings is 1. The highest BCUT2D eigenvalue weighted by Gasteiger charge is 2.42. The van der Waals surface area contributed by atoms with Gasteiger partial charge in [0.2, 0.25) is 0 Å². The van der Waals surface area contributed by atoms with E-state index in [4.69, 9.17) is 4.74 Å². The highest BCUT2D eigenvalue weighted by atomic mass is 32.1. The van der Waals surface area contributed by atoms with Gasteiger partial charge in [0.25, 0.3) is 11.9 Å². The van der Waals surface area contributed by atoms with Gasteiger partial charge in [0.05, 0.1) is 34.6 Å². The van der Waals surface area contributed by atoms with Gasteiger partial charge in [-0.1, -0.05) is 12.1 Å². The van der Waals surface area contributed by atoms with Crippen molar-refractivity contribution in [1.29, 1.82) is 0 Å². The molecule has 0 spiro atoms. The second kappa shape index (κ2) is 9.69. The maximum absolute atomic E-state index is 13.7. The first-order chi connectivity index (χ1) is 16.3. The second-order valence-corrected chi connectivity index (χ2v) is 8.21. The van der Waals surface area contributed by atoms with E-state index in [-0.39, 0.29) is 29.4 Å². The molecule has 0 aliphatic carbocycles. The fourth-order valence-electron chi connectivity index (χ4n) is 3.32. The van der Waals surface area contributed by atoms with Gasteiger partial charge in [-0.2, -0.15) is 23.0 Å². The molecule has 4 heterocycles. The number of alkyl halides is 3. The number of thiophene rings is 1. The largest absolute Gasteiger partial charge is 0.412 e. The van der Waals surface area contributed by atoms with E-state index in [2.05, 4.69) is 20.1 Å². The van der Waals surface area contributed by atoms with E-state index in [0.717, 1.165) is 16.6 Å². The Hall–Kier alpha value is -3.64. The van der Waals surface area contributed by atoms with Crippen LogP contribution < -0.4 is 5.32 Å². The Balaban J connectivity index is 1.70. The predicted molar refractivity (Wildman–Crippen MR) is 118 cm³/mol. The number of aromatic nitrogens is 5. The van der Waals surface area contributed by atoms with Crippen LogP contribution in [0.5, 0.6) is 0 Å². The highest BCUT2D eigenvalue weighted by Crippen LogP contribution is 2.33. The van der Waals surface area contributed by atoms with Crippen molar-refractivity contribution in [3.63, 3.8) is 0 Å². The lowest BCUT2D eigenvalue weighted by atomic mass is 10.1. The molecule has 0 saturated heterocycles.